The van der Waals surface area contributed by atoms with Crippen LogP contribution in [0.15, 0.2) is 71.9 Å². The van der Waals surface area contributed by atoms with E-state index in [-0.39, 0.29) is 68.2 Å². The lowest BCUT2D eigenvalue weighted by molar-refractivity contribution is -0.258. The van der Waals surface area contributed by atoms with E-state index in [0.717, 1.165) is 74.5 Å². The first kappa shape index (κ1) is 52.1. The van der Waals surface area contributed by atoms with Gasteiger partial charge in [0.25, 0.3) is 0 Å². The maximum absolute atomic E-state index is 14.8. The average molecular weight is 930 g/mol. The SMILES string of the molecule is C=CCO[C@@]12Oc3ccc(OC(=O)NCCCCCCCCCCCC)cc3[C@H]3[C@H](CCCCO)[C@@H](CCCCO)C=C(C(=NOC(C)(C)C)C[C@@H]1N(Cc1ccc(F)cc1)C(=O)C1CC1)[C@H]32. The quantitative estimate of drug-likeness (QED) is 0.0435. The van der Waals surface area contributed by atoms with Crippen LogP contribution in [0.1, 0.15) is 167 Å². The molecule has 2 fully saturated rings. The number of oxime groups is 1. The lowest BCUT2D eigenvalue weighted by atomic mass is 9.55. The van der Waals surface area contributed by atoms with Gasteiger partial charge in [-0.15, -0.1) is 6.58 Å². The van der Waals surface area contributed by atoms with Gasteiger partial charge in [-0.2, -0.15) is 0 Å². The van der Waals surface area contributed by atoms with E-state index in [1.54, 1.807) is 24.3 Å². The number of allylic oxidation sites excluding steroid dienone is 1. The molecule has 2 amide bonds. The molecule has 0 bridgehead atoms. The predicted molar refractivity (Wildman–Crippen MR) is 261 cm³/mol. The van der Waals surface area contributed by atoms with Crippen molar-refractivity contribution in [3.63, 3.8) is 0 Å². The van der Waals surface area contributed by atoms with Gasteiger partial charge in [-0.1, -0.05) is 107 Å². The Morgan fingerprint density at radius 3 is 2.24 bits per heavy atom. The molecule has 6 atom stereocenters. The summed E-state index contributed by atoms with van der Waals surface area (Å²) in [6.07, 6.45) is 21.9. The van der Waals surface area contributed by atoms with Gasteiger partial charge in [-0.3, -0.25) is 4.79 Å². The Bertz CT molecular complexity index is 1960. The Hall–Kier alpha value is -4.26. The highest BCUT2D eigenvalue weighted by Gasteiger charge is 2.66. The van der Waals surface area contributed by atoms with E-state index in [0.29, 0.717) is 36.6 Å². The minimum atomic E-state index is -1.44. The number of rotatable bonds is 28. The minimum absolute atomic E-state index is 0.00184. The summed E-state index contributed by atoms with van der Waals surface area (Å²) in [4.78, 5) is 36.3. The molecule has 67 heavy (non-hydrogen) atoms. The van der Waals surface area contributed by atoms with Gasteiger partial charge < -0.3 is 39.5 Å². The number of aliphatic hydroxyl groups excluding tert-OH is 2. The van der Waals surface area contributed by atoms with Crippen LogP contribution in [-0.4, -0.2) is 76.6 Å². The van der Waals surface area contributed by atoms with E-state index >= 15 is 0 Å². The topological polar surface area (TPSA) is 139 Å². The zero-order valence-electron chi connectivity index (χ0n) is 41.0. The second-order valence-corrected chi connectivity index (χ2v) is 20.3. The zero-order valence-corrected chi connectivity index (χ0v) is 41.0. The third-order valence-electron chi connectivity index (χ3n) is 13.9. The van der Waals surface area contributed by atoms with Crippen molar-refractivity contribution in [1.29, 1.82) is 0 Å². The van der Waals surface area contributed by atoms with E-state index < -0.39 is 29.4 Å². The van der Waals surface area contributed by atoms with Crippen LogP contribution in [0.2, 0.25) is 0 Å². The van der Waals surface area contributed by atoms with Crippen molar-refractivity contribution in [3.05, 3.63) is 83.7 Å². The van der Waals surface area contributed by atoms with Gasteiger partial charge >= 0.3 is 6.09 Å². The molecule has 4 aliphatic rings. The molecule has 1 aliphatic heterocycles. The summed E-state index contributed by atoms with van der Waals surface area (Å²) < 4.78 is 34.8. The summed E-state index contributed by atoms with van der Waals surface area (Å²) in [5, 5.41) is 27.9. The molecule has 0 unspecified atom stereocenters. The first-order valence-electron chi connectivity index (χ1n) is 25.7. The number of ether oxygens (including phenoxy) is 3. The van der Waals surface area contributed by atoms with Gasteiger partial charge in [0, 0.05) is 50.1 Å². The number of aliphatic hydroxyl groups is 2. The van der Waals surface area contributed by atoms with E-state index in [2.05, 4.69) is 24.9 Å². The van der Waals surface area contributed by atoms with Crippen LogP contribution in [0, 0.1) is 29.5 Å². The Balaban J connectivity index is 1.40. The van der Waals surface area contributed by atoms with Crippen LogP contribution in [-0.2, 0) is 20.9 Å². The summed E-state index contributed by atoms with van der Waals surface area (Å²) in [5.41, 5.74) is 2.65. The molecular weight excluding hydrogens is 850 g/mol. The number of nitrogens with zero attached hydrogens (tertiary/aromatic N) is 2. The number of unbranched alkanes of at least 4 members (excludes halogenated alkanes) is 11. The smallest absolute Gasteiger partial charge is 0.412 e. The Kier molecular flexibility index (Phi) is 19.7. The molecule has 3 aliphatic carbocycles. The van der Waals surface area contributed by atoms with Crippen molar-refractivity contribution < 1.29 is 43.2 Å². The van der Waals surface area contributed by atoms with Crippen molar-refractivity contribution in [2.75, 3.05) is 26.4 Å². The molecular formula is C55H80FN3O8. The molecule has 2 aromatic carbocycles. The van der Waals surface area contributed by atoms with Crippen molar-refractivity contribution in [3.8, 4) is 11.5 Å². The first-order valence-corrected chi connectivity index (χ1v) is 25.7. The molecule has 2 aromatic rings. The Labute approximate surface area is 399 Å². The summed E-state index contributed by atoms with van der Waals surface area (Å²) >= 11 is 0. The fraction of sp³-hybridized carbons (Fsp3) is 0.655. The van der Waals surface area contributed by atoms with Gasteiger partial charge in [0.2, 0.25) is 11.7 Å². The number of amides is 2. The molecule has 3 N–H and O–H groups in total. The second kappa shape index (κ2) is 25.4. The monoisotopic (exact) mass is 930 g/mol. The molecule has 1 heterocycles. The molecule has 2 saturated carbocycles. The summed E-state index contributed by atoms with van der Waals surface area (Å²) in [7, 11) is 0. The molecule has 6 rings (SSSR count). The van der Waals surface area contributed by atoms with Crippen molar-refractivity contribution >= 4 is 17.7 Å². The van der Waals surface area contributed by atoms with Crippen LogP contribution in [0.25, 0.3) is 0 Å². The molecule has 0 spiro atoms. The molecule has 0 radical (unpaired) electrons. The minimum Gasteiger partial charge on any atom is -0.459 e. The summed E-state index contributed by atoms with van der Waals surface area (Å²) in [5.74, 6) is -1.77. The molecule has 0 aromatic heterocycles. The van der Waals surface area contributed by atoms with Crippen molar-refractivity contribution in [2.45, 2.75) is 180 Å². The molecule has 370 valence electrons. The summed E-state index contributed by atoms with van der Waals surface area (Å²) in [6, 6.07) is 11.1. The highest BCUT2D eigenvalue weighted by atomic mass is 19.1. The lowest BCUT2D eigenvalue weighted by Gasteiger charge is -2.60. The average Bonchev–Trinajstić information content (AvgIpc) is 4.16. The van der Waals surface area contributed by atoms with Crippen LogP contribution in [0.4, 0.5) is 9.18 Å². The Morgan fingerprint density at radius 1 is 0.925 bits per heavy atom. The number of hydrogen-bond donors (Lipinski definition) is 3. The molecule has 12 heteroatoms. The van der Waals surface area contributed by atoms with E-state index in [1.807, 2.05) is 37.8 Å². The number of benzene rings is 2. The number of carbonyl (C=O) groups excluding carboxylic acids is 2. The number of fused-ring (bicyclic) bond motifs is 2. The first-order chi connectivity index (χ1) is 32.4. The summed E-state index contributed by atoms with van der Waals surface area (Å²) in [6.45, 7) is 13.2. The number of nitrogens with one attached hydrogen (secondary N) is 1. The number of halogens is 1. The van der Waals surface area contributed by atoms with E-state index in [9.17, 15) is 24.2 Å². The highest BCUT2D eigenvalue weighted by molar-refractivity contribution is 6.03. The van der Waals surface area contributed by atoms with Crippen LogP contribution in [0.5, 0.6) is 11.5 Å². The van der Waals surface area contributed by atoms with Crippen molar-refractivity contribution in [1.82, 2.24) is 10.2 Å². The maximum atomic E-state index is 14.8. The van der Waals surface area contributed by atoms with Crippen LogP contribution in [0.3, 0.4) is 0 Å². The highest BCUT2D eigenvalue weighted by Crippen LogP contribution is 2.62. The van der Waals surface area contributed by atoms with Gasteiger partial charge in [-0.25, -0.2) is 9.18 Å². The van der Waals surface area contributed by atoms with Gasteiger partial charge in [0.05, 0.1) is 18.2 Å². The van der Waals surface area contributed by atoms with Gasteiger partial charge in [-0.05, 0) is 119 Å². The van der Waals surface area contributed by atoms with Gasteiger partial charge in [0.1, 0.15) is 29.0 Å². The standard InChI is InChI=1S/C55H80FN3O8/c1-6-8-9-10-11-12-13-14-15-18-31-57-53(63)65-43-29-30-48-46(36-43)50-44(22-17-20-33-61)41(21-16-19-32-60)35-45-47(58-67-54(3,4)5)37-49(55(66-48,51(45)50)64-34-7-2)59(52(62)40-25-26-40)38-39-23-27-42(56)28-24-39/h7,23-24,27-30,35-36,40-41,44,49-51,60-61H,2,6,8-22,25-26,31-34,37-38H2,1,3-5H3,(H,57,63)/t41-,44+,49-,50+,51+,55+/m0/s1. The zero-order chi connectivity index (χ0) is 47.8. The number of hydrogen-bond acceptors (Lipinski definition) is 9. The van der Waals surface area contributed by atoms with E-state index in [4.69, 9.17) is 24.2 Å². The lowest BCUT2D eigenvalue weighted by Crippen LogP contribution is -2.70. The van der Waals surface area contributed by atoms with E-state index in [1.165, 1.54) is 57.1 Å². The fourth-order valence-electron chi connectivity index (χ4n) is 10.5. The fourth-order valence-corrected chi connectivity index (χ4v) is 10.5. The Morgan fingerprint density at radius 2 is 1.60 bits per heavy atom. The third kappa shape index (κ3) is 14.2. The molecule has 11 nitrogen and oxygen atoms in total. The normalized spacial score (nSPS) is 23.7. The largest absolute Gasteiger partial charge is 0.459 e. The predicted octanol–water partition coefficient (Wildman–Crippen LogP) is 11.7. The van der Waals surface area contributed by atoms with Crippen molar-refractivity contribution in [2.24, 2.45) is 28.8 Å². The van der Waals surface area contributed by atoms with Crippen LogP contribution >= 0.6 is 0 Å². The van der Waals surface area contributed by atoms with Gasteiger partial charge in [0.15, 0.2) is 0 Å². The van der Waals surface area contributed by atoms with Crippen LogP contribution < -0.4 is 14.8 Å². The maximum Gasteiger partial charge on any atom is 0.412 e. The third-order valence-corrected chi connectivity index (χ3v) is 13.9. The second-order valence-electron chi connectivity index (χ2n) is 20.3. The molecule has 0 saturated heterocycles. The number of carbonyl (C=O) groups is 2.